The summed E-state index contributed by atoms with van der Waals surface area (Å²) in [4.78, 5) is 12.1. The van der Waals surface area contributed by atoms with Gasteiger partial charge in [0.05, 0.1) is 24.7 Å². The molecule has 25 heavy (non-hydrogen) atoms. The van der Waals surface area contributed by atoms with Crippen molar-refractivity contribution in [3.63, 3.8) is 0 Å². The van der Waals surface area contributed by atoms with Crippen LogP contribution < -0.4 is 14.4 Å². The second-order valence-electron chi connectivity index (χ2n) is 5.31. The van der Waals surface area contributed by atoms with E-state index >= 15 is 0 Å². The van der Waals surface area contributed by atoms with Gasteiger partial charge in [0.25, 0.3) is 0 Å². The van der Waals surface area contributed by atoms with E-state index in [1.807, 2.05) is 0 Å². The highest BCUT2D eigenvalue weighted by molar-refractivity contribution is 7.92. The number of benzene rings is 2. The van der Waals surface area contributed by atoms with E-state index in [0.717, 1.165) is 16.6 Å². The van der Waals surface area contributed by atoms with E-state index in [-0.39, 0.29) is 24.6 Å². The number of anilines is 2. The highest BCUT2D eigenvalue weighted by Crippen LogP contribution is 2.23. The average molecular weight is 366 g/mol. The van der Waals surface area contributed by atoms with Crippen LogP contribution in [0.5, 0.6) is 5.75 Å². The molecule has 0 aromatic heterocycles. The summed E-state index contributed by atoms with van der Waals surface area (Å²) in [5.74, 6) is -0.430. The molecule has 0 spiro atoms. The van der Waals surface area contributed by atoms with Gasteiger partial charge in [-0.25, -0.2) is 12.8 Å². The van der Waals surface area contributed by atoms with Gasteiger partial charge in [-0.3, -0.25) is 9.10 Å². The van der Waals surface area contributed by atoms with Crippen molar-refractivity contribution in [3.8, 4) is 5.75 Å². The van der Waals surface area contributed by atoms with Crippen LogP contribution in [-0.4, -0.2) is 34.2 Å². The van der Waals surface area contributed by atoms with Crippen LogP contribution in [0.15, 0.2) is 48.5 Å². The van der Waals surface area contributed by atoms with Crippen molar-refractivity contribution in [1.29, 1.82) is 0 Å². The minimum absolute atomic E-state index is 0.0956. The molecule has 2 rings (SSSR count). The number of ether oxygens (including phenoxy) is 1. The SMILES string of the molecule is COc1ccccc1NC(=O)CCN(c1cccc(F)c1)S(C)(=O)=O. The van der Waals surface area contributed by atoms with Gasteiger partial charge in [-0.05, 0) is 30.3 Å². The molecule has 8 heteroatoms. The molecule has 6 nitrogen and oxygen atoms in total. The second-order valence-corrected chi connectivity index (χ2v) is 7.22. The lowest BCUT2D eigenvalue weighted by atomic mass is 10.2. The minimum Gasteiger partial charge on any atom is -0.495 e. The third kappa shape index (κ3) is 5.18. The summed E-state index contributed by atoms with van der Waals surface area (Å²) >= 11 is 0. The van der Waals surface area contributed by atoms with Gasteiger partial charge in [0.15, 0.2) is 0 Å². The first-order chi connectivity index (χ1) is 11.8. The fourth-order valence-electron chi connectivity index (χ4n) is 2.28. The molecule has 2 aromatic rings. The number of amides is 1. The molecule has 0 atom stereocenters. The molecule has 1 N–H and O–H groups in total. The van der Waals surface area contributed by atoms with Crippen LogP contribution in [0.4, 0.5) is 15.8 Å². The standard InChI is InChI=1S/C17H19FN2O4S/c1-24-16-9-4-3-8-15(16)19-17(21)10-11-20(25(2,22)23)14-7-5-6-13(18)12-14/h3-9,12H,10-11H2,1-2H3,(H,19,21). The number of rotatable bonds is 7. The van der Waals surface area contributed by atoms with Crippen molar-refractivity contribution < 1.29 is 22.3 Å². The van der Waals surface area contributed by atoms with Crippen LogP contribution in [-0.2, 0) is 14.8 Å². The summed E-state index contributed by atoms with van der Waals surface area (Å²) < 4.78 is 43.4. The number of nitrogens with zero attached hydrogens (tertiary/aromatic N) is 1. The summed E-state index contributed by atoms with van der Waals surface area (Å²) in [7, 11) is -2.17. The Morgan fingerprint density at radius 2 is 1.92 bits per heavy atom. The van der Waals surface area contributed by atoms with Crippen molar-refractivity contribution in [2.45, 2.75) is 6.42 Å². The fraction of sp³-hybridized carbons (Fsp3) is 0.235. The van der Waals surface area contributed by atoms with Crippen LogP contribution in [0.1, 0.15) is 6.42 Å². The van der Waals surface area contributed by atoms with E-state index in [0.29, 0.717) is 11.4 Å². The Morgan fingerprint density at radius 3 is 2.56 bits per heavy atom. The number of nitrogens with one attached hydrogen (secondary N) is 1. The third-order valence-electron chi connectivity index (χ3n) is 3.42. The summed E-state index contributed by atoms with van der Waals surface area (Å²) in [5, 5.41) is 2.67. The molecule has 0 aliphatic rings. The van der Waals surface area contributed by atoms with Crippen molar-refractivity contribution in [1.82, 2.24) is 0 Å². The molecular weight excluding hydrogens is 347 g/mol. The lowest BCUT2D eigenvalue weighted by Crippen LogP contribution is -2.33. The first-order valence-electron chi connectivity index (χ1n) is 7.47. The van der Waals surface area contributed by atoms with Crippen LogP contribution >= 0.6 is 0 Å². The zero-order chi connectivity index (χ0) is 18.4. The molecule has 0 saturated heterocycles. The zero-order valence-corrected chi connectivity index (χ0v) is 14.7. The lowest BCUT2D eigenvalue weighted by Gasteiger charge is -2.22. The fourth-order valence-corrected chi connectivity index (χ4v) is 3.20. The predicted octanol–water partition coefficient (Wildman–Crippen LogP) is 2.63. The van der Waals surface area contributed by atoms with Crippen LogP contribution in [0.25, 0.3) is 0 Å². The maximum atomic E-state index is 13.4. The van der Waals surface area contributed by atoms with Crippen molar-refractivity contribution in [2.75, 3.05) is 29.5 Å². The van der Waals surface area contributed by atoms with Gasteiger partial charge in [0.1, 0.15) is 11.6 Å². The normalized spacial score (nSPS) is 11.0. The average Bonchev–Trinajstić information content (AvgIpc) is 2.54. The van der Waals surface area contributed by atoms with E-state index in [1.54, 1.807) is 24.3 Å². The topological polar surface area (TPSA) is 75.7 Å². The highest BCUT2D eigenvalue weighted by Gasteiger charge is 2.19. The van der Waals surface area contributed by atoms with E-state index in [1.165, 1.54) is 25.3 Å². The number of carbonyl (C=O) groups excluding carboxylic acids is 1. The van der Waals surface area contributed by atoms with Gasteiger partial charge in [0, 0.05) is 13.0 Å². The molecule has 0 saturated carbocycles. The Kier molecular flexibility index (Phi) is 5.97. The molecule has 2 aromatic carbocycles. The Bertz CT molecular complexity index is 855. The molecule has 0 heterocycles. The monoisotopic (exact) mass is 366 g/mol. The maximum absolute atomic E-state index is 13.4. The summed E-state index contributed by atoms with van der Waals surface area (Å²) in [6.45, 7) is -0.108. The first kappa shape index (κ1) is 18.7. The number of para-hydroxylation sites is 2. The molecule has 134 valence electrons. The van der Waals surface area contributed by atoms with Gasteiger partial charge in [0.2, 0.25) is 15.9 Å². The summed E-state index contributed by atoms with van der Waals surface area (Å²) in [6.07, 6.45) is 0.914. The van der Waals surface area contributed by atoms with Gasteiger partial charge in [-0.1, -0.05) is 18.2 Å². The van der Waals surface area contributed by atoms with E-state index in [9.17, 15) is 17.6 Å². The number of hydrogen-bond donors (Lipinski definition) is 1. The summed E-state index contributed by atoms with van der Waals surface area (Å²) in [5.41, 5.74) is 0.666. The molecule has 0 unspecified atom stereocenters. The quantitative estimate of drug-likeness (QED) is 0.817. The number of halogens is 1. The Hall–Kier alpha value is -2.61. The molecule has 0 bridgehead atoms. The van der Waals surface area contributed by atoms with Crippen molar-refractivity contribution in [2.24, 2.45) is 0 Å². The molecule has 0 aliphatic heterocycles. The second kappa shape index (κ2) is 7.98. The number of methoxy groups -OCH3 is 1. The van der Waals surface area contributed by atoms with Gasteiger partial charge >= 0.3 is 0 Å². The van der Waals surface area contributed by atoms with E-state index in [2.05, 4.69) is 5.32 Å². The van der Waals surface area contributed by atoms with Crippen LogP contribution in [0.3, 0.4) is 0 Å². The molecular formula is C17H19FN2O4S. The lowest BCUT2D eigenvalue weighted by molar-refractivity contribution is -0.116. The van der Waals surface area contributed by atoms with Crippen LogP contribution in [0, 0.1) is 5.82 Å². The number of sulfonamides is 1. The Morgan fingerprint density at radius 1 is 1.20 bits per heavy atom. The van der Waals surface area contributed by atoms with Crippen LogP contribution in [0.2, 0.25) is 0 Å². The Labute approximate surface area is 146 Å². The van der Waals surface area contributed by atoms with Gasteiger partial charge in [-0.2, -0.15) is 0 Å². The maximum Gasteiger partial charge on any atom is 0.232 e. The first-order valence-corrected chi connectivity index (χ1v) is 9.32. The predicted molar refractivity (Wildman–Crippen MR) is 94.8 cm³/mol. The smallest absolute Gasteiger partial charge is 0.232 e. The molecule has 0 fully saturated rings. The van der Waals surface area contributed by atoms with Gasteiger partial charge in [-0.15, -0.1) is 0 Å². The van der Waals surface area contributed by atoms with Crippen molar-refractivity contribution >= 4 is 27.3 Å². The van der Waals surface area contributed by atoms with E-state index < -0.39 is 15.8 Å². The van der Waals surface area contributed by atoms with Crippen molar-refractivity contribution in [3.05, 3.63) is 54.3 Å². The van der Waals surface area contributed by atoms with Gasteiger partial charge < -0.3 is 10.1 Å². The highest BCUT2D eigenvalue weighted by atomic mass is 32.2. The summed E-state index contributed by atoms with van der Waals surface area (Å²) in [6, 6.07) is 12.1. The minimum atomic E-state index is -3.65. The van der Waals surface area contributed by atoms with E-state index in [4.69, 9.17) is 4.74 Å². The zero-order valence-electron chi connectivity index (χ0n) is 13.9. The third-order valence-corrected chi connectivity index (χ3v) is 4.61. The Balaban J connectivity index is 2.09. The molecule has 0 aliphatic carbocycles. The largest absolute Gasteiger partial charge is 0.495 e. The molecule has 1 amide bonds. The molecule has 0 radical (unpaired) electrons. The number of hydrogen-bond acceptors (Lipinski definition) is 4. The number of carbonyl (C=O) groups is 1.